The number of fused-ring (bicyclic) bond motifs is 10. The summed E-state index contributed by atoms with van der Waals surface area (Å²) in [5.41, 5.74) is -3.60. The lowest BCUT2D eigenvalue weighted by atomic mass is 9.93. The highest BCUT2D eigenvalue weighted by molar-refractivity contribution is 7.26. The maximum atomic E-state index is 9.70. The number of aromatic nitrogens is 2. The molecule has 0 bridgehead atoms. The van der Waals surface area contributed by atoms with Gasteiger partial charge in [0.05, 0.1) is 50.2 Å². The van der Waals surface area contributed by atoms with E-state index in [1.54, 1.807) is 0 Å². The Kier molecular flexibility index (Phi) is 2.71. The van der Waals surface area contributed by atoms with Gasteiger partial charge in [-0.05, 0) is 79.7 Å². The summed E-state index contributed by atoms with van der Waals surface area (Å²) in [5.74, 6) is -0.609. The zero-order valence-electron chi connectivity index (χ0n) is 49.8. The molecule has 3 heterocycles. The number of rotatable bonds is 3. The highest BCUT2D eigenvalue weighted by Gasteiger charge is 2.21. The van der Waals surface area contributed by atoms with Crippen LogP contribution in [0.2, 0.25) is 0 Å². The van der Waals surface area contributed by atoms with Crippen LogP contribution in [0.1, 0.15) is 34.3 Å². The van der Waals surface area contributed by atoms with E-state index in [2.05, 4.69) is 4.98 Å². The second-order valence-electron chi connectivity index (χ2n) is 11.0. The molecular formula is C46H26N2OS. The minimum absolute atomic E-state index is 0.0807. The van der Waals surface area contributed by atoms with Crippen LogP contribution < -0.4 is 0 Å². The molecule has 0 fully saturated rings. The van der Waals surface area contributed by atoms with Gasteiger partial charge in [-0.3, -0.25) is 0 Å². The second kappa shape index (κ2) is 10.6. The van der Waals surface area contributed by atoms with Crippen molar-refractivity contribution in [3.05, 3.63) is 157 Å². The van der Waals surface area contributed by atoms with E-state index >= 15 is 0 Å². The summed E-state index contributed by atoms with van der Waals surface area (Å²) in [6.45, 7) is 0. The number of furan rings is 1. The van der Waals surface area contributed by atoms with Crippen LogP contribution in [0.25, 0.3) is 108 Å². The first-order valence-electron chi connectivity index (χ1n) is 27.3. The van der Waals surface area contributed by atoms with Crippen LogP contribution in [-0.4, -0.2) is 9.97 Å². The predicted octanol–water partition coefficient (Wildman–Crippen LogP) is 13.2. The van der Waals surface area contributed by atoms with E-state index < -0.39 is 217 Å². The van der Waals surface area contributed by atoms with Crippen molar-refractivity contribution in [2.24, 2.45) is 0 Å². The van der Waals surface area contributed by atoms with Crippen LogP contribution in [-0.2, 0) is 0 Å². The zero-order valence-corrected chi connectivity index (χ0v) is 25.6. The van der Waals surface area contributed by atoms with Gasteiger partial charge in [-0.2, -0.15) is 0 Å². The summed E-state index contributed by atoms with van der Waals surface area (Å²) in [4.78, 5) is 9.34. The third kappa shape index (κ3) is 4.09. The molecule has 0 atom stereocenters. The van der Waals surface area contributed by atoms with Crippen molar-refractivity contribution in [3.8, 4) is 33.8 Å². The Hall–Kier alpha value is -6.36. The van der Waals surface area contributed by atoms with Gasteiger partial charge in [-0.25, -0.2) is 9.97 Å². The van der Waals surface area contributed by atoms with Crippen molar-refractivity contribution in [1.82, 2.24) is 9.97 Å². The molecule has 0 N–H and O–H groups in total. The first-order chi connectivity index (χ1) is 35.2. The quantitative estimate of drug-likeness (QED) is 0.174. The van der Waals surface area contributed by atoms with Crippen molar-refractivity contribution in [1.29, 1.82) is 0 Å². The summed E-state index contributed by atoms with van der Waals surface area (Å²) < 4.78 is 228. The molecule has 50 heavy (non-hydrogen) atoms. The van der Waals surface area contributed by atoms with Crippen LogP contribution in [0.4, 0.5) is 0 Å². The summed E-state index contributed by atoms with van der Waals surface area (Å²) >= 11 is 0.727. The molecule has 3 nitrogen and oxygen atoms in total. The Morgan fingerprint density at radius 2 is 1.26 bits per heavy atom. The molecule has 0 aliphatic heterocycles. The standard InChI is InChI=1S/C46H26N2OS/c1-2-11-28-24-31(21-20-27(28)10-1)46-47-43-36-16-7-8-19-41(36)50-45(43)44(48-46)37-17-9-18-39-42(37)35-23-22-30(26-40(35)49-39)38-25-29-12-3-4-13-32(29)33-14-5-6-15-34(33)38/h1-26H/i1D,2D,3D,4D,5D,6D,7D,8D,9D,10D,11D,12D,13D,14D,15D,16D,17D,18D,19D,20D,21D,22D,24D,25D,26D. The van der Waals surface area contributed by atoms with Gasteiger partial charge in [-0.1, -0.05) is 121 Å². The van der Waals surface area contributed by atoms with Crippen molar-refractivity contribution in [2.45, 2.75) is 0 Å². The highest BCUT2D eigenvalue weighted by Crippen LogP contribution is 2.44. The average Bonchev–Trinajstić information content (AvgIpc) is 3.99. The number of hydrogen-bond donors (Lipinski definition) is 0. The molecule has 3 aromatic heterocycles. The van der Waals surface area contributed by atoms with Gasteiger partial charge in [0.25, 0.3) is 0 Å². The van der Waals surface area contributed by atoms with E-state index in [9.17, 15) is 6.85 Å². The van der Waals surface area contributed by atoms with Gasteiger partial charge in [-0.15, -0.1) is 11.3 Å². The predicted molar refractivity (Wildman–Crippen MR) is 211 cm³/mol. The Labute approximate surface area is 325 Å². The Bertz CT molecular complexity index is 4610. The smallest absolute Gasteiger partial charge is 0.160 e. The molecule has 0 spiro atoms. The van der Waals surface area contributed by atoms with E-state index in [4.69, 9.17) is 36.8 Å². The second-order valence-corrected chi connectivity index (χ2v) is 12.0. The molecule has 0 saturated heterocycles. The molecule has 8 aromatic carbocycles. The maximum absolute atomic E-state index is 9.70. The fourth-order valence-corrected chi connectivity index (χ4v) is 7.07. The molecule has 0 unspecified atom stereocenters. The number of benzene rings is 8. The lowest BCUT2D eigenvalue weighted by molar-refractivity contribution is 0.669. The molecule has 0 saturated carbocycles. The molecule has 4 heteroatoms. The fraction of sp³-hybridized carbons (Fsp3) is 0. The molecule has 11 rings (SSSR count). The first kappa shape index (κ1) is 12.8. The van der Waals surface area contributed by atoms with Crippen LogP contribution in [0.15, 0.2) is 162 Å². The van der Waals surface area contributed by atoms with E-state index in [-0.39, 0.29) is 42.3 Å². The monoisotopic (exact) mass is 679 g/mol. The topological polar surface area (TPSA) is 38.9 Å². The van der Waals surface area contributed by atoms with Gasteiger partial charge >= 0.3 is 0 Å². The highest BCUT2D eigenvalue weighted by atomic mass is 32.1. The van der Waals surface area contributed by atoms with Crippen LogP contribution in [0.5, 0.6) is 0 Å². The minimum atomic E-state index is -0.808. The molecule has 0 amide bonds. The lowest BCUT2D eigenvalue weighted by Gasteiger charge is -2.11. The number of thiophene rings is 1. The van der Waals surface area contributed by atoms with Gasteiger partial charge in [0, 0.05) is 32.0 Å². The van der Waals surface area contributed by atoms with E-state index in [0.717, 1.165) is 17.4 Å². The van der Waals surface area contributed by atoms with Crippen molar-refractivity contribution in [3.63, 3.8) is 0 Å². The van der Waals surface area contributed by atoms with Gasteiger partial charge in [0.1, 0.15) is 11.2 Å². The van der Waals surface area contributed by atoms with Crippen molar-refractivity contribution >= 4 is 85.9 Å². The molecule has 11 aromatic rings. The first-order valence-corrected chi connectivity index (χ1v) is 15.6. The molecule has 0 radical (unpaired) electrons. The summed E-state index contributed by atoms with van der Waals surface area (Å²) in [5, 5.41) is -3.42. The minimum Gasteiger partial charge on any atom is -0.456 e. The van der Waals surface area contributed by atoms with Crippen LogP contribution in [0.3, 0.4) is 0 Å². The van der Waals surface area contributed by atoms with Gasteiger partial charge < -0.3 is 4.42 Å². The SMILES string of the molecule is [2H]c1cc2c(oc3c([2H])c([2H])c([2H])c(-c4nc(-c5c([2H])c([2H])c6c([2H])c([2H])c([2H])c([2H])c6c5[2H])nc5c4sc4c([2H])c([2H])c([2H])c([2H])c45)c32)c([2H])c1-c1c([2H])c2c([2H])c([2H])c([2H])c([2H])c2c2c([2H])c([2H])c([2H])c([2H])c12. The molecule has 0 aliphatic carbocycles. The molecular weight excluding hydrogens is 629 g/mol. The Morgan fingerprint density at radius 3 is 2.16 bits per heavy atom. The normalized spacial score (nSPS) is 19.0. The molecule has 232 valence electrons. The van der Waals surface area contributed by atoms with Gasteiger partial charge in [0.15, 0.2) is 5.82 Å². The lowest BCUT2D eigenvalue weighted by Crippen LogP contribution is -1.94. The van der Waals surface area contributed by atoms with Crippen molar-refractivity contribution in [2.75, 3.05) is 0 Å². The van der Waals surface area contributed by atoms with Crippen LogP contribution >= 0.6 is 11.3 Å². The van der Waals surface area contributed by atoms with E-state index in [1.807, 2.05) is 0 Å². The van der Waals surface area contributed by atoms with Crippen molar-refractivity contribution < 1.29 is 38.7 Å². The molecule has 0 aliphatic rings. The summed E-state index contributed by atoms with van der Waals surface area (Å²) in [6, 6.07) is -17.1. The van der Waals surface area contributed by atoms with E-state index in [0.29, 0.717) is 0 Å². The average molecular weight is 680 g/mol. The Morgan fingerprint density at radius 1 is 0.500 bits per heavy atom. The maximum Gasteiger partial charge on any atom is 0.160 e. The third-order valence-corrected chi connectivity index (χ3v) is 9.30. The number of nitrogens with zero attached hydrogens (tertiary/aromatic N) is 2. The Balaban J connectivity index is 1.32. The van der Waals surface area contributed by atoms with Crippen LogP contribution in [0, 0.1) is 0 Å². The van der Waals surface area contributed by atoms with E-state index in [1.165, 1.54) is 0 Å². The zero-order chi connectivity index (χ0) is 54.5. The largest absolute Gasteiger partial charge is 0.456 e. The summed E-state index contributed by atoms with van der Waals surface area (Å²) in [7, 11) is 0. The summed E-state index contributed by atoms with van der Waals surface area (Å²) in [6.07, 6.45) is 0. The fourth-order valence-electron chi connectivity index (χ4n) is 6.02. The van der Waals surface area contributed by atoms with Gasteiger partial charge in [0.2, 0.25) is 0 Å². The third-order valence-electron chi connectivity index (χ3n) is 8.20. The number of hydrogen-bond acceptors (Lipinski definition) is 4.